The van der Waals surface area contributed by atoms with Gasteiger partial charge < -0.3 is 10.0 Å². The Morgan fingerprint density at radius 3 is 2.79 bits per heavy atom. The SMILES string of the molecule is Cc1cccc(C(=O)N(CCCO)C2CCC2)c1Cl. The van der Waals surface area contributed by atoms with Crippen LogP contribution in [0.2, 0.25) is 5.02 Å². The summed E-state index contributed by atoms with van der Waals surface area (Å²) in [6.45, 7) is 2.61. The van der Waals surface area contributed by atoms with Gasteiger partial charge >= 0.3 is 0 Å². The summed E-state index contributed by atoms with van der Waals surface area (Å²) < 4.78 is 0. The molecule has 0 spiro atoms. The third-order valence-electron chi connectivity index (χ3n) is 3.76. The van der Waals surface area contributed by atoms with Gasteiger partial charge in [0.05, 0.1) is 10.6 Å². The standard InChI is InChI=1S/C15H20ClNO2/c1-11-5-2-8-13(14(11)16)15(19)17(9-4-10-18)12-6-3-7-12/h2,5,8,12,18H,3-4,6-7,9-10H2,1H3. The monoisotopic (exact) mass is 281 g/mol. The minimum atomic E-state index is -0.00755. The Balaban J connectivity index is 2.20. The van der Waals surface area contributed by atoms with E-state index in [9.17, 15) is 4.79 Å². The molecule has 0 unspecified atom stereocenters. The van der Waals surface area contributed by atoms with Gasteiger partial charge in [-0.25, -0.2) is 0 Å². The molecule has 104 valence electrons. The second kappa shape index (κ2) is 6.40. The van der Waals surface area contributed by atoms with Crippen LogP contribution in [0, 0.1) is 6.92 Å². The van der Waals surface area contributed by atoms with Crippen molar-refractivity contribution >= 4 is 17.5 Å². The number of halogens is 1. The van der Waals surface area contributed by atoms with E-state index in [0.717, 1.165) is 18.4 Å². The zero-order valence-corrected chi connectivity index (χ0v) is 12.0. The maximum Gasteiger partial charge on any atom is 0.255 e. The molecule has 1 aliphatic carbocycles. The van der Waals surface area contributed by atoms with Gasteiger partial charge in [-0.3, -0.25) is 4.79 Å². The summed E-state index contributed by atoms with van der Waals surface area (Å²) in [4.78, 5) is 14.5. The van der Waals surface area contributed by atoms with Crippen molar-refractivity contribution in [3.05, 3.63) is 34.3 Å². The highest BCUT2D eigenvalue weighted by molar-refractivity contribution is 6.34. The van der Waals surface area contributed by atoms with Crippen LogP contribution in [0.5, 0.6) is 0 Å². The molecule has 1 fully saturated rings. The van der Waals surface area contributed by atoms with Crippen LogP contribution in [-0.4, -0.2) is 35.1 Å². The van der Waals surface area contributed by atoms with E-state index in [0.29, 0.717) is 29.6 Å². The fourth-order valence-corrected chi connectivity index (χ4v) is 2.56. The fourth-order valence-electron chi connectivity index (χ4n) is 2.36. The molecule has 0 heterocycles. The maximum atomic E-state index is 12.6. The number of amides is 1. The van der Waals surface area contributed by atoms with E-state index in [4.69, 9.17) is 16.7 Å². The topological polar surface area (TPSA) is 40.5 Å². The molecule has 1 saturated carbocycles. The van der Waals surface area contributed by atoms with Gasteiger partial charge in [0, 0.05) is 19.2 Å². The summed E-state index contributed by atoms with van der Waals surface area (Å²) in [6.07, 6.45) is 3.90. The van der Waals surface area contributed by atoms with E-state index in [1.807, 2.05) is 24.0 Å². The van der Waals surface area contributed by atoms with Crippen molar-refractivity contribution in [1.29, 1.82) is 0 Å². The molecule has 19 heavy (non-hydrogen) atoms. The molecule has 1 aromatic rings. The Labute approximate surface area is 119 Å². The lowest BCUT2D eigenvalue weighted by molar-refractivity contribution is 0.0562. The number of hydrogen-bond donors (Lipinski definition) is 1. The molecule has 3 nitrogen and oxygen atoms in total. The molecule has 0 radical (unpaired) electrons. The Bertz CT molecular complexity index is 457. The smallest absolute Gasteiger partial charge is 0.255 e. The first kappa shape index (κ1) is 14.4. The van der Waals surface area contributed by atoms with Crippen molar-refractivity contribution in [2.45, 2.75) is 38.6 Å². The van der Waals surface area contributed by atoms with Gasteiger partial charge in [-0.1, -0.05) is 23.7 Å². The number of hydrogen-bond acceptors (Lipinski definition) is 2. The van der Waals surface area contributed by atoms with E-state index in [1.165, 1.54) is 6.42 Å². The first-order valence-electron chi connectivity index (χ1n) is 6.82. The highest BCUT2D eigenvalue weighted by atomic mass is 35.5. The average molecular weight is 282 g/mol. The minimum Gasteiger partial charge on any atom is -0.396 e. The van der Waals surface area contributed by atoms with Crippen LogP contribution in [0.3, 0.4) is 0 Å². The third kappa shape index (κ3) is 3.10. The second-order valence-electron chi connectivity index (χ2n) is 5.10. The molecule has 0 bridgehead atoms. The predicted molar refractivity (Wildman–Crippen MR) is 76.6 cm³/mol. The van der Waals surface area contributed by atoms with E-state index < -0.39 is 0 Å². The molecular weight excluding hydrogens is 262 g/mol. The van der Waals surface area contributed by atoms with E-state index in [2.05, 4.69) is 0 Å². The molecule has 1 amide bonds. The molecule has 0 aliphatic heterocycles. The zero-order valence-electron chi connectivity index (χ0n) is 11.2. The predicted octanol–water partition coefficient (Wildman–Crippen LogP) is 3.03. The summed E-state index contributed by atoms with van der Waals surface area (Å²) >= 11 is 6.24. The molecule has 2 rings (SSSR count). The third-order valence-corrected chi connectivity index (χ3v) is 4.26. The van der Waals surface area contributed by atoms with Crippen LogP contribution in [0.4, 0.5) is 0 Å². The number of aryl methyl sites for hydroxylation is 1. The van der Waals surface area contributed by atoms with Gasteiger partial charge in [0.15, 0.2) is 0 Å². The summed E-state index contributed by atoms with van der Waals surface area (Å²) in [6, 6.07) is 5.86. The molecule has 0 saturated heterocycles. The largest absolute Gasteiger partial charge is 0.396 e. The first-order chi connectivity index (χ1) is 9.15. The lowest BCUT2D eigenvalue weighted by Crippen LogP contribution is -2.45. The Morgan fingerprint density at radius 1 is 1.47 bits per heavy atom. The first-order valence-corrected chi connectivity index (χ1v) is 7.20. The van der Waals surface area contributed by atoms with Gasteiger partial charge in [0.2, 0.25) is 0 Å². The van der Waals surface area contributed by atoms with Crippen molar-refractivity contribution in [1.82, 2.24) is 4.90 Å². The Hall–Kier alpha value is -1.06. The van der Waals surface area contributed by atoms with Crippen LogP contribution in [0.1, 0.15) is 41.6 Å². The quantitative estimate of drug-likeness (QED) is 0.901. The Kier molecular flexibility index (Phi) is 4.83. The normalized spacial score (nSPS) is 15.1. The van der Waals surface area contributed by atoms with Crippen LogP contribution >= 0.6 is 11.6 Å². The van der Waals surface area contributed by atoms with Crippen LogP contribution in [0.15, 0.2) is 18.2 Å². The summed E-state index contributed by atoms with van der Waals surface area (Å²) in [5, 5.41) is 9.52. The minimum absolute atomic E-state index is 0.00755. The van der Waals surface area contributed by atoms with E-state index in [-0.39, 0.29) is 12.5 Å². The fraction of sp³-hybridized carbons (Fsp3) is 0.533. The van der Waals surface area contributed by atoms with Gasteiger partial charge in [-0.2, -0.15) is 0 Å². The highest BCUT2D eigenvalue weighted by Crippen LogP contribution is 2.29. The lowest BCUT2D eigenvalue weighted by atomic mass is 9.90. The highest BCUT2D eigenvalue weighted by Gasteiger charge is 2.29. The van der Waals surface area contributed by atoms with Crippen LogP contribution in [0.25, 0.3) is 0 Å². The molecule has 4 heteroatoms. The lowest BCUT2D eigenvalue weighted by Gasteiger charge is -2.37. The molecule has 0 atom stereocenters. The summed E-state index contributed by atoms with van der Waals surface area (Å²) in [5.74, 6) is -0.00755. The summed E-state index contributed by atoms with van der Waals surface area (Å²) in [7, 11) is 0. The molecule has 1 aromatic carbocycles. The van der Waals surface area contributed by atoms with Gasteiger partial charge in [0.1, 0.15) is 0 Å². The summed E-state index contributed by atoms with van der Waals surface area (Å²) in [5.41, 5.74) is 1.50. The number of aliphatic hydroxyl groups excluding tert-OH is 1. The second-order valence-corrected chi connectivity index (χ2v) is 5.47. The number of benzene rings is 1. The molecule has 1 N–H and O–H groups in total. The molecular formula is C15H20ClNO2. The molecule has 1 aliphatic rings. The van der Waals surface area contributed by atoms with Crippen molar-refractivity contribution < 1.29 is 9.90 Å². The van der Waals surface area contributed by atoms with Crippen molar-refractivity contribution in [3.8, 4) is 0 Å². The van der Waals surface area contributed by atoms with E-state index in [1.54, 1.807) is 6.07 Å². The maximum absolute atomic E-state index is 12.6. The Morgan fingerprint density at radius 2 is 2.21 bits per heavy atom. The number of carbonyl (C=O) groups excluding carboxylic acids is 1. The van der Waals surface area contributed by atoms with Crippen LogP contribution in [-0.2, 0) is 0 Å². The van der Waals surface area contributed by atoms with Crippen LogP contribution < -0.4 is 0 Å². The number of nitrogens with zero attached hydrogens (tertiary/aromatic N) is 1. The van der Waals surface area contributed by atoms with Crippen molar-refractivity contribution in [3.63, 3.8) is 0 Å². The van der Waals surface area contributed by atoms with Crippen molar-refractivity contribution in [2.75, 3.05) is 13.2 Å². The number of rotatable bonds is 5. The zero-order chi connectivity index (χ0) is 13.8. The van der Waals surface area contributed by atoms with Gasteiger partial charge in [-0.05, 0) is 44.2 Å². The van der Waals surface area contributed by atoms with Crippen molar-refractivity contribution in [2.24, 2.45) is 0 Å². The van der Waals surface area contributed by atoms with Gasteiger partial charge in [0.25, 0.3) is 5.91 Å². The van der Waals surface area contributed by atoms with Gasteiger partial charge in [-0.15, -0.1) is 0 Å². The average Bonchev–Trinajstić information content (AvgIpc) is 2.34. The number of carbonyl (C=O) groups is 1. The molecule has 0 aromatic heterocycles. The van der Waals surface area contributed by atoms with E-state index >= 15 is 0 Å². The number of aliphatic hydroxyl groups is 1.